The number of piperidine rings is 1. The van der Waals surface area contributed by atoms with Gasteiger partial charge in [-0.2, -0.15) is 0 Å². The van der Waals surface area contributed by atoms with E-state index in [1.165, 1.54) is 38.8 Å². The van der Waals surface area contributed by atoms with Gasteiger partial charge in [0, 0.05) is 5.92 Å². The zero-order valence-corrected chi connectivity index (χ0v) is 13.3. The summed E-state index contributed by atoms with van der Waals surface area (Å²) in [6.45, 7) is 3.68. The molecule has 2 aliphatic carbocycles. The van der Waals surface area contributed by atoms with Crippen molar-refractivity contribution in [1.29, 1.82) is 0 Å². The largest absolute Gasteiger partial charge is 0.543 e. The Morgan fingerprint density at radius 3 is 2.09 bits per heavy atom. The van der Waals surface area contributed by atoms with Crippen molar-refractivity contribution in [3.63, 3.8) is 0 Å². The Morgan fingerprint density at radius 2 is 1.61 bits per heavy atom. The van der Waals surface area contributed by atoms with Gasteiger partial charge in [-0.15, -0.1) is 0 Å². The lowest BCUT2D eigenvalue weighted by molar-refractivity contribution is -0.904. The van der Waals surface area contributed by atoms with E-state index in [0.717, 1.165) is 25.3 Å². The first-order chi connectivity index (χ1) is 11.0. The number of likely N-dealkylation sites (tertiary alicyclic amines) is 1. The van der Waals surface area contributed by atoms with Gasteiger partial charge < -0.3 is 24.7 Å². The van der Waals surface area contributed by atoms with E-state index >= 15 is 0 Å². The van der Waals surface area contributed by atoms with E-state index in [0.29, 0.717) is 17.6 Å². The fourth-order valence-corrected chi connectivity index (χ4v) is 3.94. The van der Waals surface area contributed by atoms with E-state index in [9.17, 15) is 4.79 Å². The van der Waals surface area contributed by atoms with Gasteiger partial charge in [-0.25, -0.2) is 0 Å². The lowest BCUT2D eigenvalue weighted by Gasteiger charge is -2.24. The van der Waals surface area contributed by atoms with Gasteiger partial charge in [0.2, 0.25) is 0 Å². The van der Waals surface area contributed by atoms with Crippen molar-refractivity contribution >= 4 is 17.7 Å². The first-order valence-electron chi connectivity index (χ1n) is 8.44. The number of hydrogen-bond donors (Lipinski definition) is 1. The molecule has 1 saturated heterocycles. The number of hydrogen-bond acceptors (Lipinski definition) is 5. The van der Waals surface area contributed by atoms with Crippen LogP contribution in [-0.4, -0.2) is 37.4 Å². The lowest BCUT2D eigenvalue weighted by Crippen LogP contribution is -3.12. The molecule has 0 amide bonds. The van der Waals surface area contributed by atoms with Gasteiger partial charge in [0.15, 0.2) is 0 Å². The second-order valence-electron chi connectivity index (χ2n) is 6.74. The molecule has 3 aliphatic rings. The molecule has 3 atom stereocenters. The fourth-order valence-electron chi connectivity index (χ4n) is 3.94. The number of aliphatic carboxylic acids is 2. The van der Waals surface area contributed by atoms with Crippen LogP contribution in [0.15, 0.2) is 12.2 Å². The number of fused-ring (bicyclic) bond motifs is 2. The average molecular weight is 322 g/mol. The maximum absolute atomic E-state index is 12.2. The Kier molecular flexibility index (Phi) is 6.33. The van der Waals surface area contributed by atoms with E-state index in [-0.39, 0.29) is 0 Å². The van der Waals surface area contributed by atoms with Crippen molar-refractivity contribution < 1.29 is 29.5 Å². The zero-order chi connectivity index (χ0) is 16.8. The molecule has 0 aromatic rings. The van der Waals surface area contributed by atoms with Crippen LogP contribution in [0.1, 0.15) is 38.5 Å². The van der Waals surface area contributed by atoms with Crippen molar-refractivity contribution in [3.05, 3.63) is 12.2 Å². The molecular weight excluding hydrogens is 298 g/mol. The Hall–Kier alpha value is -1.69. The number of carbonyl (C=O) groups excluding carboxylic acids is 3. The van der Waals surface area contributed by atoms with Crippen molar-refractivity contribution in [2.45, 2.75) is 38.5 Å². The third-order valence-electron chi connectivity index (χ3n) is 5.14. The lowest BCUT2D eigenvalue weighted by atomic mass is 9.88. The van der Waals surface area contributed by atoms with Gasteiger partial charge >= 0.3 is 0 Å². The minimum Gasteiger partial charge on any atom is -0.543 e. The van der Waals surface area contributed by atoms with Crippen LogP contribution in [0.25, 0.3) is 0 Å². The van der Waals surface area contributed by atoms with Crippen LogP contribution in [0.2, 0.25) is 0 Å². The first kappa shape index (κ1) is 17.7. The van der Waals surface area contributed by atoms with E-state index in [2.05, 4.69) is 12.2 Å². The van der Waals surface area contributed by atoms with E-state index in [1.807, 2.05) is 0 Å². The average Bonchev–Trinajstić information content (AvgIpc) is 3.17. The molecule has 0 spiro atoms. The smallest absolute Gasteiger partial charge is 0.142 e. The summed E-state index contributed by atoms with van der Waals surface area (Å²) >= 11 is 0. The maximum atomic E-state index is 12.2. The topological polar surface area (TPSA) is 102 Å². The molecule has 1 aliphatic heterocycles. The van der Waals surface area contributed by atoms with Gasteiger partial charge in [-0.1, -0.05) is 12.2 Å². The van der Waals surface area contributed by atoms with Crippen LogP contribution in [-0.2, 0) is 14.4 Å². The predicted octanol–water partition coefficient (Wildman–Crippen LogP) is -2.29. The Bertz CT molecular complexity index is 469. The summed E-state index contributed by atoms with van der Waals surface area (Å²) in [5.41, 5.74) is 0. The van der Waals surface area contributed by atoms with Crippen LogP contribution >= 0.6 is 0 Å². The number of nitrogens with one attached hydrogen (secondary N) is 1. The number of allylic oxidation sites excluding steroid dienone is 2. The minimum absolute atomic E-state index is 0.384. The fraction of sp³-hybridized carbons (Fsp3) is 0.706. The van der Waals surface area contributed by atoms with E-state index in [4.69, 9.17) is 19.8 Å². The van der Waals surface area contributed by atoms with Crippen molar-refractivity contribution in [2.75, 3.05) is 19.6 Å². The summed E-state index contributed by atoms with van der Waals surface area (Å²) in [4.78, 5) is 31.8. The van der Waals surface area contributed by atoms with Crippen LogP contribution in [0.4, 0.5) is 0 Å². The molecule has 6 heteroatoms. The molecular formula is C17H24NO5-. The monoisotopic (exact) mass is 322 g/mol. The van der Waals surface area contributed by atoms with Gasteiger partial charge in [0.1, 0.15) is 5.78 Å². The predicted molar refractivity (Wildman–Crippen MR) is 77.9 cm³/mol. The minimum atomic E-state index is -2.19. The number of ketones is 1. The van der Waals surface area contributed by atoms with Gasteiger partial charge in [-0.05, 0) is 43.9 Å². The highest BCUT2D eigenvalue weighted by atomic mass is 16.4. The van der Waals surface area contributed by atoms with Crippen LogP contribution in [0, 0.1) is 17.8 Å². The highest BCUT2D eigenvalue weighted by Crippen LogP contribution is 2.44. The summed E-state index contributed by atoms with van der Waals surface area (Å²) in [5.74, 6) is -2.10. The SMILES string of the molecule is O=C(CC[NH+]1CCCCC1)C1CC2C=CC1C2.O=C([O-])C(=O)[O-]. The molecule has 1 saturated carbocycles. The first-order valence-corrected chi connectivity index (χ1v) is 8.44. The van der Waals surface area contributed by atoms with Gasteiger partial charge in [0.25, 0.3) is 0 Å². The number of Topliss-reactive ketones (excluding diaryl/α,β-unsaturated/α-hetero) is 1. The molecule has 2 bridgehead atoms. The quantitative estimate of drug-likeness (QED) is 0.464. The van der Waals surface area contributed by atoms with Crippen LogP contribution < -0.4 is 15.1 Å². The molecule has 0 radical (unpaired) electrons. The number of quaternary nitrogens is 1. The summed E-state index contributed by atoms with van der Waals surface area (Å²) in [7, 11) is 0. The molecule has 6 nitrogen and oxygen atoms in total. The highest BCUT2D eigenvalue weighted by Gasteiger charge is 2.39. The second-order valence-corrected chi connectivity index (χ2v) is 6.74. The number of carboxylic acids is 2. The molecule has 2 fully saturated rings. The molecule has 0 aromatic carbocycles. The van der Waals surface area contributed by atoms with Crippen LogP contribution in [0.5, 0.6) is 0 Å². The van der Waals surface area contributed by atoms with Crippen molar-refractivity contribution in [1.82, 2.24) is 0 Å². The normalized spacial score (nSPS) is 29.0. The molecule has 0 aromatic heterocycles. The third-order valence-corrected chi connectivity index (χ3v) is 5.14. The van der Waals surface area contributed by atoms with Crippen molar-refractivity contribution in [3.8, 4) is 0 Å². The number of carbonyl (C=O) groups is 3. The summed E-state index contributed by atoms with van der Waals surface area (Å²) < 4.78 is 0. The summed E-state index contributed by atoms with van der Waals surface area (Å²) in [5, 5.41) is 17.9. The molecule has 1 N–H and O–H groups in total. The zero-order valence-electron chi connectivity index (χ0n) is 13.3. The van der Waals surface area contributed by atoms with Gasteiger partial charge in [-0.3, -0.25) is 4.79 Å². The number of rotatable bonds is 4. The van der Waals surface area contributed by atoms with Crippen molar-refractivity contribution in [2.24, 2.45) is 17.8 Å². The summed E-state index contributed by atoms with van der Waals surface area (Å²) in [6, 6.07) is 0. The third kappa shape index (κ3) is 5.16. The van der Waals surface area contributed by atoms with E-state index in [1.54, 1.807) is 4.90 Å². The molecule has 23 heavy (non-hydrogen) atoms. The highest BCUT2D eigenvalue weighted by molar-refractivity contribution is 6.25. The van der Waals surface area contributed by atoms with Gasteiger partial charge in [0.05, 0.1) is 38.0 Å². The Labute approximate surface area is 136 Å². The Balaban J connectivity index is 0.000000277. The molecule has 128 valence electrons. The summed E-state index contributed by atoms with van der Waals surface area (Å²) in [6.07, 6.45) is 12.0. The second kappa shape index (κ2) is 8.24. The Morgan fingerprint density at radius 1 is 0.957 bits per heavy atom. The van der Waals surface area contributed by atoms with Crippen LogP contribution in [0.3, 0.4) is 0 Å². The molecule has 3 unspecified atom stereocenters. The standard InChI is InChI=1S/C15H23NO.C2H2O4/c17-15(6-9-16-7-2-1-3-8-16)14-11-12-4-5-13(14)10-12;3-1(4)2(5)6/h4-5,12-14H,1-3,6-11H2;(H,3,4)(H,5,6)/p-1. The molecule has 3 rings (SSSR count). The molecule has 1 heterocycles. The maximum Gasteiger partial charge on any atom is 0.142 e. The van der Waals surface area contributed by atoms with E-state index < -0.39 is 11.9 Å². The number of carboxylic acid groups (broad SMARTS) is 2.